The second-order valence-electron chi connectivity index (χ2n) is 5.47. The van der Waals surface area contributed by atoms with Crippen molar-refractivity contribution in [3.05, 3.63) is 29.6 Å². The van der Waals surface area contributed by atoms with Gasteiger partial charge < -0.3 is 15.4 Å². The summed E-state index contributed by atoms with van der Waals surface area (Å²) in [6.45, 7) is 4.73. The van der Waals surface area contributed by atoms with Crippen LogP contribution in [0.3, 0.4) is 0 Å². The highest BCUT2D eigenvalue weighted by atomic mass is 19.1. The minimum atomic E-state index is -0.181. The third-order valence-corrected chi connectivity index (χ3v) is 3.80. The Labute approximate surface area is 114 Å². The second kappa shape index (κ2) is 5.88. The van der Waals surface area contributed by atoms with E-state index in [0.717, 1.165) is 18.6 Å². The molecule has 106 valence electrons. The minimum Gasteiger partial charge on any atom is -0.376 e. The summed E-state index contributed by atoms with van der Waals surface area (Å²) < 4.78 is 19.8. The molecule has 0 bridgehead atoms. The maximum atomic E-state index is 14.2. The maximum Gasteiger partial charge on any atom is 0.146 e. The highest BCUT2D eigenvalue weighted by Gasteiger charge is 2.30. The molecule has 4 heteroatoms. The SMILES string of the molecule is CC(N)Cc1cccc(F)c1N(C)C1CCOC1C. The number of halogens is 1. The van der Waals surface area contributed by atoms with Crippen LogP contribution in [-0.2, 0) is 11.2 Å². The highest BCUT2D eigenvalue weighted by molar-refractivity contribution is 5.55. The molecule has 0 amide bonds. The van der Waals surface area contributed by atoms with Crippen molar-refractivity contribution >= 4 is 5.69 Å². The molecule has 1 fully saturated rings. The molecule has 0 radical (unpaired) electrons. The number of likely N-dealkylation sites (N-methyl/N-ethyl adjacent to an activating group) is 1. The number of nitrogens with zero attached hydrogens (tertiary/aromatic N) is 1. The molecule has 1 aliphatic rings. The van der Waals surface area contributed by atoms with E-state index in [1.54, 1.807) is 6.07 Å². The van der Waals surface area contributed by atoms with E-state index in [2.05, 4.69) is 0 Å². The normalized spacial score (nSPS) is 24.5. The number of ether oxygens (including phenoxy) is 1. The summed E-state index contributed by atoms with van der Waals surface area (Å²) in [5.41, 5.74) is 7.50. The first kappa shape index (κ1) is 14.3. The van der Waals surface area contributed by atoms with Crippen LogP contribution in [0.15, 0.2) is 18.2 Å². The van der Waals surface area contributed by atoms with Crippen molar-refractivity contribution in [2.24, 2.45) is 5.73 Å². The van der Waals surface area contributed by atoms with Gasteiger partial charge in [0.05, 0.1) is 17.8 Å². The van der Waals surface area contributed by atoms with Crippen LogP contribution in [0.25, 0.3) is 0 Å². The van der Waals surface area contributed by atoms with E-state index in [9.17, 15) is 4.39 Å². The molecule has 2 N–H and O–H groups in total. The third kappa shape index (κ3) is 3.07. The molecule has 3 unspecified atom stereocenters. The van der Waals surface area contributed by atoms with Crippen LogP contribution >= 0.6 is 0 Å². The van der Waals surface area contributed by atoms with Crippen LogP contribution in [0.4, 0.5) is 10.1 Å². The minimum absolute atomic E-state index is 0.0196. The van der Waals surface area contributed by atoms with E-state index < -0.39 is 0 Å². The van der Waals surface area contributed by atoms with Crippen molar-refractivity contribution < 1.29 is 9.13 Å². The number of benzene rings is 1. The molecule has 2 rings (SSSR count). The van der Waals surface area contributed by atoms with Gasteiger partial charge in [-0.05, 0) is 38.3 Å². The van der Waals surface area contributed by atoms with Crippen LogP contribution in [0, 0.1) is 5.82 Å². The molecular formula is C15H23FN2O. The van der Waals surface area contributed by atoms with Crippen LogP contribution in [0.1, 0.15) is 25.8 Å². The first-order valence-electron chi connectivity index (χ1n) is 6.88. The van der Waals surface area contributed by atoms with Gasteiger partial charge in [0.2, 0.25) is 0 Å². The Morgan fingerprint density at radius 1 is 1.53 bits per heavy atom. The van der Waals surface area contributed by atoms with E-state index in [-0.39, 0.29) is 24.0 Å². The predicted octanol–water partition coefficient (Wildman–Crippen LogP) is 2.33. The quantitative estimate of drug-likeness (QED) is 0.909. The monoisotopic (exact) mass is 266 g/mol. The molecule has 1 heterocycles. The number of para-hydroxylation sites is 1. The van der Waals surface area contributed by atoms with Crippen molar-refractivity contribution in [2.45, 2.75) is 44.9 Å². The topological polar surface area (TPSA) is 38.5 Å². The van der Waals surface area contributed by atoms with Crippen molar-refractivity contribution in [1.82, 2.24) is 0 Å². The van der Waals surface area contributed by atoms with E-state index in [4.69, 9.17) is 10.5 Å². The standard InChI is InChI=1S/C15H23FN2O/c1-10(17)9-12-5-4-6-13(16)15(12)18(3)14-7-8-19-11(14)2/h4-6,10-11,14H,7-9,17H2,1-3H3. The van der Waals surface area contributed by atoms with Gasteiger partial charge in [-0.15, -0.1) is 0 Å². The Kier molecular flexibility index (Phi) is 4.42. The Balaban J connectivity index is 2.31. The van der Waals surface area contributed by atoms with Gasteiger partial charge in [-0.2, -0.15) is 0 Å². The molecule has 0 saturated carbocycles. The number of hydrogen-bond donors (Lipinski definition) is 1. The molecule has 1 aromatic rings. The molecule has 0 aliphatic carbocycles. The van der Waals surface area contributed by atoms with Gasteiger partial charge in [-0.3, -0.25) is 0 Å². The molecule has 0 spiro atoms. The van der Waals surface area contributed by atoms with Gasteiger partial charge in [-0.1, -0.05) is 12.1 Å². The molecule has 0 aromatic heterocycles. The van der Waals surface area contributed by atoms with E-state index in [1.165, 1.54) is 6.07 Å². The smallest absolute Gasteiger partial charge is 0.146 e. The summed E-state index contributed by atoms with van der Waals surface area (Å²) in [4.78, 5) is 2.02. The summed E-state index contributed by atoms with van der Waals surface area (Å²) in [6.07, 6.45) is 1.75. The number of rotatable bonds is 4. The summed E-state index contributed by atoms with van der Waals surface area (Å²) in [5, 5.41) is 0. The lowest BCUT2D eigenvalue weighted by Gasteiger charge is -2.31. The number of hydrogen-bond acceptors (Lipinski definition) is 3. The zero-order chi connectivity index (χ0) is 14.0. The highest BCUT2D eigenvalue weighted by Crippen LogP contribution is 2.30. The first-order chi connectivity index (χ1) is 9.00. The fraction of sp³-hybridized carbons (Fsp3) is 0.600. The predicted molar refractivity (Wildman–Crippen MR) is 76.0 cm³/mol. The van der Waals surface area contributed by atoms with Gasteiger partial charge >= 0.3 is 0 Å². The molecule has 1 aromatic carbocycles. The fourth-order valence-corrected chi connectivity index (χ4v) is 2.86. The molecule has 3 atom stereocenters. The number of nitrogens with two attached hydrogens (primary N) is 1. The van der Waals surface area contributed by atoms with Crippen molar-refractivity contribution in [3.8, 4) is 0 Å². The number of anilines is 1. The average Bonchev–Trinajstić information content (AvgIpc) is 2.74. The third-order valence-electron chi connectivity index (χ3n) is 3.80. The molecule has 1 saturated heterocycles. The maximum absolute atomic E-state index is 14.2. The van der Waals surface area contributed by atoms with Gasteiger partial charge in [0.15, 0.2) is 0 Å². The largest absolute Gasteiger partial charge is 0.376 e. The molecule has 3 nitrogen and oxygen atoms in total. The molecule has 19 heavy (non-hydrogen) atoms. The lowest BCUT2D eigenvalue weighted by Crippen LogP contribution is -2.38. The first-order valence-corrected chi connectivity index (χ1v) is 6.88. The zero-order valence-electron chi connectivity index (χ0n) is 11.9. The van der Waals surface area contributed by atoms with E-state index in [0.29, 0.717) is 12.1 Å². The van der Waals surface area contributed by atoms with Crippen LogP contribution in [0.5, 0.6) is 0 Å². The van der Waals surface area contributed by atoms with Gasteiger partial charge in [0.25, 0.3) is 0 Å². The summed E-state index contributed by atoms with van der Waals surface area (Å²) >= 11 is 0. The van der Waals surface area contributed by atoms with Crippen molar-refractivity contribution in [2.75, 3.05) is 18.6 Å². The van der Waals surface area contributed by atoms with Gasteiger partial charge in [0, 0.05) is 19.7 Å². The Hall–Kier alpha value is -1.13. The summed E-state index contributed by atoms with van der Waals surface area (Å²) in [7, 11) is 1.94. The van der Waals surface area contributed by atoms with Crippen LogP contribution in [-0.4, -0.2) is 31.8 Å². The Bertz CT molecular complexity index is 436. The van der Waals surface area contributed by atoms with E-state index in [1.807, 2.05) is 31.9 Å². The fourth-order valence-electron chi connectivity index (χ4n) is 2.86. The Morgan fingerprint density at radius 3 is 2.84 bits per heavy atom. The molecule has 1 aliphatic heterocycles. The zero-order valence-corrected chi connectivity index (χ0v) is 11.9. The Morgan fingerprint density at radius 2 is 2.26 bits per heavy atom. The van der Waals surface area contributed by atoms with Crippen LogP contribution in [0.2, 0.25) is 0 Å². The van der Waals surface area contributed by atoms with Crippen molar-refractivity contribution in [3.63, 3.8) is 0 Å². The summed E-state index contributed by atoms with van der Waals surface area (Å²) in [6, 6.07) is 5.46. The summed E-state index contributed by atoms with van der Waals surface area (Å²) in [5.74, 6) is -0.181. The second-order valence-corrected chi connectivity index (χ2v) is 5.47. The van der Waals surface area contributed by atoms with Gasteiger partial charge in [-0.25, -0.2) is 4.39 Å². The molecular weight excluding hydrogens is 243 g/mol. The lowest BCUT2D eigenvalue weighted by atomic mass is 10.0. The van der Waals surface area contributed by atoms with Crippen LogP contribution < -0.4 is 10.6 Å². The van der Waals surface area contributed by atoms with E-state index >= 15 is 0 Å². The average molecular weight is 266 g/mol. The lowest BCUT2D eigenvalue weighted by molar-refractivity contribution is 0.118. The van der Waals surface area contributed by atoms with Crippen molar-refractivity contribution in [1.29, 1.82) is 0 Å². The van der Waals surface area contributed by atoms with Gasteiger partial charge in [0.1, 0.15) is 5.82 Å².